The highest BCUT2D eigenvalue weighted by molar-refractivity contribution is 6.00. The molecule has 1 aromatic carbocycles. The molecule has 1 aromatic heterocycles. The lowest BCUT2D eigenvalue weighted by Crippen LogP contribution is -2.40. The smallest absolute Gasteiger partial charge is 0.192 e. The van der Waals surface area contributed by atoms with E-state index in [1.54, 1.807) is 6.20 Å². The molecule has 1 heterocycles. The van der Waals surface area contributed by atoms with Gasteiger partial charge in [-0.15, -0.1) is 0 Å². The molecule has 0 amide bonds. The zero-order valence-electron chi connectivity index (χ0n) is 15.7. The van der Waals surface area contributed by atoms with Gasteiger partial charge in [0.25, 0.3) is 0 Å². The lowest BCUT2D eigenvalue weighted by molar-refractivity contribution is 0.402. The summed E-state index contributed by atoms with van der Waals surface area (Å²) in [7, 11) is 4.02. The van der Waals surface area contributed by atoms with E-state index in [9.17, 15) is 4.39 Å². The van der Waals surface area contributed by atoms with Crippen LogP contribution in [-0.2, 0) is 6.54 Å². The number of nitrogen functional groups attached to an aromatic ring is 1. The van der Waals surface area contributed by atoms with Crippen molar-refractivity contribution in [1.82, 2.24) is 19.9 Å². The molecule has 0 aliphatic carbocycles. The molecule has 6 N–H and O–H groups in total. The van der Waals surface area contributed by atoms with E-state index >= 15 is 0 Å². The number of rotatable bonds is 6. The van der Waals surface area contributed by atoms with Crippen LogP contribution in [-0.4, -0.2) is 46.4 Å². The second kappa shape index (κ2) is 9.06. The number of nitrogens with two attached hydrogens (primary N) is 3. The number of allylic oxidation sites excluding steroid dienone is 1. The van der Waals surface area contributed by atoms with Crippen molar-refractivity contribution in [1.29, 1.82) is 0 Å². The fourth-order valence-electron chi connectivity index (χ4n) is 2.43. The van der Waals surface area contributed by atoms with Gasteiger partial charge in [0.15, 0.2) is 17.3 Å². The van der Waals surface area contributed by atoms with Gasteiger partial charge in [-0.3, -0.25) is 5.01 Å². The monoisotopic (exact) mass is 372 g/mol. The molecule has 0 radical (unpaired) electrons. The van der Waals surface area contributed by atoms with Gasteiger partial charge in [0.05, 0.1) is 24.3 Å². The number of halogens is 1. The number of aromatic nitrogens is 2. The van der Waals surface area contributed by atoms with Crippen LogP contribution in [0.25, 0.3) is 11.3 Å². The van der Waals surface area contributed by atoms with Crippen LogP contribution in [0.4, 0.5) is 10.2 Å². The Morgan fingerprint density at radius 2 is 1.93 bits per heavy atom. The Bertz CT molecular complexity index is 826. The first-order valence-corrected chi connectivity index (χ1v) is 8.31. The molecule has 0 spiro atoms. The molecule has 2 aromatic rings. The van der Waals surface area contributed by atoms with Crippen molar-refractivity contribution in [2.45, 2.75) is 13.5 Å². The van der Waals surface area contributed by atoms with E-state index in [0.29, 0.717) is 5.69 Å². The first kappa shape index (κ1) is 20.3. The summed E-state index contributed by atoms with van der Waals surface area (Å²) in [4.78, 5) is 10.8. The SMILES string of the molecule is C/C(F)=C\CN(N)/C(=N\N)c1nc(-c2ccc(CN(C)C)cc2)cnc1N. The maximum atomic E-state index is 13.0. The Kier molecular flexibility index (Phi) is 6.80. The van der Waals surface area contributed by atoms with Gasteiger partial charge in [-0.05, 0) is 32.7 Å². The predicted molar refractivity (Wildman–Crippen MR) is 106 cm³/mol. The topological polar surface area (TPSA) is 123 Å². The quantitative estimate of drug-likeness (QED) is 0.303. The first-order valence-electron chi connectivity index (χ1n) is 8.31. The third-order valence-electron chi connectivity index (χ3n) is 3.72. The van der Waals surface area contributed by atoms with Gasteiger partial charge in [-0.25, -0.2) is 20.2 Å². The molecule has 8 nitrogen and oxygen atoms in total. The van der Waals surface area contributed by atoms with Gasteiger partial charge < -0.3 is 16.5 Å². The second-order valence-electron chi connectivity index (χ2n) is 6.32. The predicted octanol–water partition coefficient (Wildman–Crippen LogP) is 1.46. The summed E-state index contributed by atoms with van der Waals surface area (Å²) in [6.07, 6.45) is 2.86. The number of hydrogen-bond acceptors (Lipinski definition) is 7. The normalized spacial score (nSPS) is 12.5. The first-order chi connectivity index (χ1) is 12.8. The van der Waals surface area contributed by atoms with Gasteiger partial charge in [0.1, 0.15) is 0 Å². The molecule has 0 aliphatic heterocycles. The van der Waals surface area contributed by atoms with E-state index in [-0.39, 0.29) is 29.7 Å². The van der Waals surface area contributed by atoms with Crippen LogP contribution in [0.3, 0.4) is 0 Å². The van der Waals surface area contributed by atoms with Crippen LogP contribution in [0.5, 0.6) is 0 Å². The molecule has 144 valence electrons. The average molecular weight is 372 g/mol. The van der Waals surface area contributed by atoms with Crippen LogP contribution in [0.2, 0.25) is 0 Å². The van der Waals surface area contributed by atoms with E-state index in [1.165, 1.54) is 18.6 Å². The Hall–Kier alpha value is -3.04. The zero-order chi connectivity index (χ0) is 20.0. The minimum Gasteiger partial charge on any atom is -0.382 e. The summed E-state index contributed by atoms with van der Waals surface area (Å²) in [5, 5.41) is 4.82. The summed E-state index contributed by atoms with van der Waals surface area (Å²) in [5.74, 6) is 11.3. The molecule has 0 bridgehead atoms. The van der Waals surface area contributed by atoms with Crippen molar-refractivity contribution in [3.8, 4) is 11.3 Å². The molecule has 0 fully saturated rings. The summed E-state index contributed by atoms with van der Waals surface area (Å²) in [5.41, 5.74) is 8.81. The van der Waals surface area contributed by atoms with E-state index in [0.717, 1.165) is 17.1 Å². The van der Waals surface area contributed by atoms with Crippen LogP contribution < -0.4 is 17.4 Å². The van der Waals surface area contributed by atoms with Crippen molar-refractivity contribution in [2.24, 2.45) is 16.8 Å². The number of hydrogen-bond donors (Lipinski definition) is 3. The van der Waals surface area contributed by atoms with E-state index < -0.39 is 0 Å². The van der Waals surface area contributed by atoms with Crippen molar-refractivity contribution >= 4 is 11.7 Å². The number of anilines is 1. The molecule has 0 unspecified atom stereocenters. The van der Waals surface area contributed by atoms with E-state index in [2.05, 4.69) is 20.0 Å². The Balaban J connectivity index is 2.33. The number of hydrazone groups is 1. The second-order valence-corrected chi connectivity index (χ2v) is 6.32. The highest BCUT2D eigenvalue weighted by atomic mass is 19.1. The van der Waals surface area contributed by atoms with E-state index in [1.807, 2.05) is 38.4 Å². The maximum Gasteiger partial charge on any atom is 0.192 e. The van der Waals surface area contributed by atoms with Gasteiger partial charge >= 0.3 is 0 Å². The van der Waals surface area contributed by atoms with Crippen molar-refractivity contribution in [2.75, 3.05) is 26.4 Å². The van der Waals surface area contributed by atoms with Crippen LogP contribution in [0, 0.1) is 0 Å². The molecule has 27 heavy (non-hydrogen) atoms. The van der Waals surface area contributed by atoms with Gasteiger partial charge in [0.2, 0.25) is 0 Å². The van der Waals surface area contributed by atoms with E-state index in [4.69, 9.17) is 17.4 Å². The number of amidine groups is 1. The molecule has 0 aliphatic rings. The third kappa shape index (κ3) is 5.47. The highest BCUT2D eigenvalue weighted by Crippen LogP contribution is 2.20. The van der Waals surface area contributed by atoms with Crippen molar-refractivity contribution in [3.05, 3.63) is 53.6 Å². The zero-order valence-corrected chi connectivity index (χ0v) is 15.7. The van der Waals surface area contributed by atoms with Crippen molar-refractivity contribution < 1.29 is 4.39 Å². The summed E-state index contributed by atoms with van der Waals surface area (Å²) in [6.45, 7) is 2.22. The van der Waals surface area contributed by atoms with Crippen molar-refractivity contribution in [3.63, 3.8) is 0 Å². The Morgan fingerprint density at radius 1 is 1.26 bits per heavy atom. The molecule has 9 heteroatoms. The minimum absolute atomic E-state index is 0.0585. The average Bonchev–Trinajstić information content (AvgIpc) is 2.62. The van der Waals surface area contributed by atoms with Gasteiger partial charge in [-0.2, -0.15) is 5.10 Å². The number of nitrogens with zero attached hydrogens (tertiary/aromatic N) is 5. The number of benzene rings is 1. The largest absolute Gasteiger partial charge is 0.382 e. The Labute approximate surface area is 158 Å². The molecule has 0 saturated heterocycles. The lowest BCUT2D eigenvalue weighted by Gasteiger charge is -2.19. The van der Waals surface area contributed by atoms with Crippen LogP contribution in [0.1, 0.15) is 18.2 Å². The van der Waals surface area contributed by atoms with Crippen LogP contribution in [0.15, 0.2) is 47.5 Å². The van der Waals surface area contributed by atoms with Gasteiger partial charge in [-0.1, -0.05) is 24.3 Å². The summed E-state index contributed by atoms with van der Waals surface area (Å²) in [6, 6.07) is 7.96. The molecule has 0 atom stereocenters. The molecular formula is C18H25FN8. The molecule has 0 saturated carbocycles. The lowest BCUT2D eigenvalue weighted by atomic mass is 10.1. The molecular weight excluding hydrogens is 347 g/mol. The number of hydrazine groups is 1. The molecule has 2 rings (SSSR count). The maximum absolute atomic E-state index is 13.0. The van der Waals surface area contributed by atoms with Crippen LogP contribution >= 0.6 is 0 Å². The fraction of sp³-hybridized carbons (Fsp3) is 0.278. The third-order valence-corrected chi connectivity index (χ3v) is 3.72. The van der Waals surface area contributed by atoms with Gasteiger partial charge in [0, 0.05) is 12.1 Å². The summed E-state index contributed by atoms with van der Waals surface area (Å²) < 4.78 is 13.0. The highest BCUT2D eigenvalue weighted by Gasteiger charge is 2.17. The standard InChI is InChI=1S/C18H25FN8/c1-12(19)8-9-27(22)18(25-21)16-17(20)23-10-15(24-16)14-6-4-13(5-7-14)11-26(2)3/h4-8,10H,9,11,21-22H2,1-3H3,(H2,20,23)/b12-8+,25-18-. The fourth-order valence-corrected chi connectivity index (χ4v) is 2.43. The minimum atomic E-state index is -0.368. The summed E-state index contributed by atoms with van der Waals surface area (Å²) >= 11 is 0. The Morgan fingerprint density at radius 3 is 2.48 bits per heavy atom.